The fourth-order valence-corrected chi connectivity index (χ4v) is 1.61. The zero-order chi connectivity index (χ0) is 12.8. The predicted molar refractivity (Wildman–Crippen MR) is 66.1 cm³/mol. The number of aromatic nitrogens is 1. The summed E-state index contributed by atoms with van der Waals surface area (Å²) < 4.78 is 0. The topological polar surface area (TPSA) is 82.5 Å². The highest BCUT2D eigenvalue weighted by molar-refractivity contribution is 7.16. The maximum Gasteiger partial charge on any atom is 0.328 e. The molecule has 0 aromatic carbocycles. The van der Waals surface area contributed by atoms with Crippen LogP contribution in [0.1, 0.15) is 11.8 Å². The Morgan fingerprint density at radius 2 is 2.35 bits per heavy atom. The molecule has 0 radical (unpaired) electrons. The first-order valence-electron chi connectivity index (χ1n) is 4.92. The highest BCUT2D eigenvalue weighted by Gasteiger charge is 2.08. The summed E-state index contributed by atoms with van der Waals surface area (Å²) in [7, 11) is 1.67. The Morgan fingerprint density at radius 1 is 1.65 bits per heavy atom. The maximum absolute atomic E-state index is 11.5. The number of carbonyl (C=O) groups is 2. The lowest BCUT2D eigenvalue weighted by atomic mass is 10.4. The largest absolute Gasteiger partial charge is 0.478 e. The van der Waals surface area contributed by atoms with Gasteiger partial charge in [0.25, 0.3) is 0 Å². The first kappa shape index (κ1) is 13.2. The van der Waals surface area contributed by atoms with E-state index in [1.54, 1.807) is 7.05 Å². The van der Waals surface area contributed by atoms with Crippen molar-refractivity contribution in [2.45, 2.75) is 6.92 Å². The van der Waals surface area contributed by atoms with Crippen molar-refractivity contribution in [1.29, 1.82) is 0 Å². The number of carbonyl (C=O) groups excluding carboxylic acids is 1. The average Bonchev–Trinajstić information content (AvgIpc) is 2.73. The lowest BCUT2D eigenvalue weighted by Crippen LogP contribution is -2.30. The molecular weight excluding hydrogens is 242 g/mol. The van der Waals surface area contributed by atoms with Crippen LogP contribution in [0.5, 0.6) is 0 Å². The summed E-state index contributed by atoms with van der Waals surface area (Å²) in [6.07, 6.45) is 3.96. The predicted octanol–water partition coefficient (Wildman–Crippen LogP) is 1.72. The summed E-state index contributed by atoms with van der Waals surface area (Å²) >= 11 is 1.21. The molecule has 0 saturated heterocycles. The number of amides is 2. The zero-order valence-electron chi connectivity index (χ0n) is 9.51. The highest BCUT2D eigenvalue weighted by Crippen LogP contribution is 2.19. The third-order valence-corrected chi connectivity index (χ3v) is 2.83. The number of rotatable bonds is 4. The number of anilines is 1. The van der Waals surface area contributed by atoms with Crippen molar-refractivity contribution < 1.29 is 14.7 Å². The van der Waals surface area contributed by atoms with Gasteiger partial charge in [-0.15, -0.1) is 0 Å². The van der Waals surface area contributed by atoms with Crippen molar-refractivity contribution >= 4 is 34.5 Å². The van der Waals surface area contributed by atoms with Crippen molar-refractivity contribution in [2.24, 2.45) is 0 Å². The van der Waals surface area contributed by atoms with Crippen LogP contribution < -0.4 is 5.32 Å². The molecule has 0 atom stereocenters. The molecule has 0 fully saturated rings. The van der Waals surface area contributed by atoms with Gasteiger partial charge >= 0.3 is 12.0 Å². The number of nitrogens with zero attached hydrogens (tertiary/aromatic N) is 2. The smallest absolute Gasteiger partial charge is 0.328 e. The van der Waals surface area contributed by atoms with E-state index in [-0.39, 0.29) is 6.03 Å². The first-order valence-corrected chi connectivity index (χ1v) is 5.73. The number of hydrogen-bond acceptors (Lipinski definition) is 4. The molecule has 0 aliphatic rings. The Hall–Kier alpha value is -1.89. The van der Waals surface area contributed by atoms with Crippen LogP contribution in [0.4, 0.5) is 9.93 Å². The van der Waals surface area contributed by atoms with Crippen molar-refractivity contribution in [3.05, 3.63) is 17.2 Å². The molecule has 1 aromatic rings. The SMILES string of the molecule is CCN(C)C(=O)Nc1ncc(C=CC(=O)O)s1. The van der Waals surface area contributed by atoms with Gasteiger partial charge in [-0.25, -0.2) is 14.6 Å². The zero-order valence-corrected chi connectivity index (χ0v) is 10.3. The van der Waals surface area contributed by atoms with Gasteiger partial charge in [-0.05, 0) is 13.0 Å². The van der Waals surface area contributed by atoms with E-state index in [1.807, 2.05) is 6.92 Å². The molecule has 17 heavy (non-hydrogen) atoms. The Bertz CT molecular complexity index is 442. The fourth-order valence-electron chi connectivity index (χ4n) is 0.905. The maximum atomic E-state index is 11.5. The number of carboxylic acid groups (broad SMARTS) is 1. The standard InChI is InChI=1S/C10H13N3O3S/c1-3-13(2)10(16)12-9-11-6-7(17-9)4-5-8(14)15/h4-6H,3H2,1-2H3,(H,14,15)(H,11,12,16). The van der Waals surface area contributed by atoms with Gasteiger partial charge in [0, 0.05) is 30.7 Å². The lowest BCUT2D eigenvalue weighted by molar-refractivity contribution is -0.131. The minimum absolute atomic E-state index is 0.240. The van der Waals surface area contributed by atoms with E-state index < -0.39 is 5.97 Å². The molecule has 0 bridgehead atoms. The van der Waals surface area contributed by atoms with Crippen LogP contribution in [0.25, 0.3) is 6.08 Å². The molecule has 0 spiro atoms. The van der Waals surface area contributed by atoms with Gasteiger partial charge in [0.15, 0.2) is 5.13 Å². The van der Waals surface area contributed by atoms with E-state index in [1.165, 1.54) is 28.5 Å². The van der Waals surface area contributed by atoms with Crippen LogP contribution in [-0.4, -0.2) is 40.6 Å². The molecule has 7 heteroatoms. The molecule has 6 nitrogen and oxygen atoms in total. The van der Waals surface area contributed by atoms with Gasteiger partial charge in [0.05, 0.1) is 0 Å². The molecule has 0 saturated carbocycles. The van der Waals surface area contributed by atoms with Crippen molar-refractivity contribution in [3.63, 3.8) is 0 Å². The molecular formula is C10H13N3O3S. The number of aliphatic carboxylic acids is 1. The first-order chi connectivity index (χ1) is 8.02. The molecule has 1 aromatic heterocycles. The molecule has 2 N–H and O–H groups in total. The molecule has 0 aliphatic carbocycles. The summed E-state index contributed by atoms with van der Waals surface area (Å²) in [6.45, 7) is 2.46. The lowest BCUT2D eigenvalue weighted by Gasteiger charge is -2.13. The number of urea groups is 1. The average molecular weight is 255 g/mol. The van der Waals surface area contributed by atoms with Crippen molar-refractivity contribution in [2.75, 3.05) is 18.9 Å². The Labute approximate surface area is 103 Å². The summed E-state index contributed by atoms with van der Waals surface area (Å²) in [5.41, 5.74) is 0. The summed E-state index contributed by atoms with van der Waals surface area (Å²) in [4.78, 5) is 27.9. The van der Waals surface area contributed by atoms with E-state index in [2.05, 4.69) is 10.3 Å². The molecule has 1 rings (SSSR count). The summed E-state index contributed by atoms with van der Waals surface area (Å²) in [6, 6.07) is -0.240. The van der Waals surface area contributed by atoms with Crippen molar-refractivity contribution in [1.82, 2.24) is 9.88 Å². The normalized spacial score (nSPS) is 10.5. The van der Waals surface area contributed by atoms with Gasteiger partial charge in [-0.1, -0.05) is 11.3 Å². The molecule has 0 unspecified atom stereocenters. The van der Waals surface area contributed by atoms with Crippen LogP contribution in [0.3, 0.4) is 0 Å². The van der Waals surface area contributed by atoms with Crippen LogP contribution in [0, 0.1) is 0 Å². The number of thiazole rings is 1. The Kier molecular flexibility index (Phi) is 4.65. The number of nitrogens with one attached hydrogen (secondary N) is 1. The molecule has 0 aliphatic heterocycles. The van der Waals surface area contributed by atoms with E-state index >= 15 is 0 Å². The monoisotopic (exact) mass is 255 g/mol. The Balaban J connectivity index is 2.63. The van der Waals surface area contributed by atoms with Crippen LogP contribution in [-0.2, 0) is 4.79 Å². The van der Waals surface area contributed by atoms with Crippen LogP contribution in [0.15, 0.2) is 12.3 Å². The van der Waals surface area contributed by atoms with Gasteiger partial charge in [0.2, 0.25) is 0 Å². The second-order valence-corrected chi connectivity index (χ2v) is 4.25. The van der Waals surface area contributed by atoms with E-state index in [4.69, 9.17) is 5.11 Å². The minimum Gasteiger partial charge on any atom is -0.478 e. The van der Waals surface area contributed by atoms with E-state index in [9.17, 15) is 9.59 Å². The number of hydrogen-bond donors (Lipinski definition) is 2. The van der Waals surface area contributed by atoms with Gasteiger partial charge < -0.3 is 10.0 Å². The van der Waals surface area contributed by atoms with Gasteiger partial charge in [0.1, 0.15) is 0 Å². The van der Waals surface area contributed by atoms with Gasteiger partial charge in [-0.2, -0.15) is 0 Å². The van der Waals surface area contributed by atoms with E-state index in [0.717, 1.165) is 6.08 Å². The van der Waals surface area contributed by atoms with E-state index in [0.29, 0.717) is 16.6 Å². The van der Waals surface area contributed by atoms with Crippen LogP contribution in [0.2, 0.25) is 0 Å². The third-order valence-electron chi connectivity index (χ3n) is 1.95. The highest BCUT2D eigenvalue weighted by atomic mass is 32.1. The molecule has 2 amide bonds. The molecule has 92 valence electrons. The molecule has 1 heterocycles. The van der Waals surface area contributed by atoms with Crippen molar-refractivity contribution in [3.8, 4) is 0 Å². The fraction of sp³-hybridized carbons (Fsp3) is 0.300. The Morgan fingerprint density at radius 3 is 2.94 bits per heavy atom. The minimum atomic E-state index is -1.02. The van der Waals surface area contributed by atoms with Crippen LogP contribution >= 0.6 is 11.3 Å². The number of carboxylic acids is 1. The third kappa shape index (κ3) is 4.23. The summed E-state index contributed by atoms with van der Waals surface area (Å²) in [5.74, 6) is -1.02. The quantitative estimate of drug-likeness (QED) is 0.802. The van der Waals surface area contributed by atoms with Gasteiger partial charge in [-0.3, -0.25) is 5.32 Å². The second kappa shape index (κ2) is 6.00. The summed E-state index contributed by atoms with van der Waals surface area (Å²) in [5, 5.41) is 11.5. The second-order valence-electron chi connectivity index (χ2n) is 3.18.